The largest absolute Gasteiger partial charge is 0.379 e. The quantitative estimate of drug-likeness (QED) is 0.537. The molecule has 0 aliphatic rings. The van der Waals surface area contributed by atoms with Gasteiger partial charge in [-0.25, -0.2) is 0 Å². The van der Waals surface area contributed by atoms with Gasteiger partial charge in [-0.15, -0.1) is 0 Å². The molecule has 92 valence electrons. The van der Waals surface area contributed by atoms with E-state index in [2.05, 4.69) is 26.1 Å². The van der Waals surface area contributed by atoms with Gasteiger partial charge in [-0.05, 0) is 31.8 Å². The molecule has 0 aromatic carbocycles. The number of nitrogens with one attached hydrogen (secondary N) is 1. The van der Waals surface area contributed by atoms with Crippen molar-refractivity contribution in [1.29, 1.82) is 0 Å². The van der Waals surface area contributed by atoms with Crippen molar-refractivity contribution in [2.24, 2.45) is 5.92 Å². The third-order valence-electron chi connectivity index (χ3n) is 1.97. The van der Waals surface area contributed by atoms with Gasteiger partial charge in [-0.3, -0.25) is 0 Å². The zero-order valence-electron chi connectivity index (χ0n) is 10.6. The Labute approximate surface area is 94.5 Å². The SMILES string of the molecule is CCNCCCCOCCOCC(C)C. The zero-order chi connectivity index (χ0) is 11.4. The highest BCUT2D eigenvalue weighted by atomic mass is 16.5. The molecule has 0 atom stereocenters. The van der Waals surface area contributed by atoms with Gasteiger partial charge in [0.05, 0.1) is 13.2 Å². The van der Waals surface area contributed by atoms with Crippen molar-refractivity contribution < 1.29 is 9.47 Å². The molecule has 0 aliphatic carbocycles. The molecule has 0 rings (SSSR count). The van der Waals surface area contributed by atoms with Gasteiger partial charge in [-0.1, -0.05) is 20.8 Å². The van der Waals surface area contributed by atoms with E-state index in [1.54, 1.807) is 0 Å². The van der Waals surface area contributed by atoms with Crippen LogP contribution in [0.2, 0.25) is 0 Å². The number of hydrogen-bond donors (Lipinski definition) is 1. The predicted molar refractivity (Wildman–Crippen MR) is 64.3 cm³/mol. The summed E-state index contributed by atoms with van der Waals surface area (Å²) >= 11 is 0. The monoisotopic (exact) mass is 217 g/mol. The molecule has 0 aliphatic heterocycles. The van der Waals surface area contributed by atoms with E-state index < -0.39 is 0 Å². The maximum atomic E-state index is 5.44. The molecule has 0 aromatic rings. The van der Waals surface area contributed by atoms with Gasteiger partial charge in [0.2, 0.25) is 0 Å². The summed E-state index contributed by atoms with van der Waals surface area (Å²) in [5.74, 6) is 0.616. The minimum Gasteiger partial charge on any atom is -0.379 e. The molecule has 3 nitrogen and oxygen atoms in total. The normalized spacial score (nSPS) is 11.2. The van der Waals surface area contributed by atoms with Crippen LogP contribution in [0, 0.1) is 5.92 Å². The second-order valence-corrected chi connectivity index (χ2v) is 4.14. The Morgan fingerprint density at radius 1 is 1.00 bits per heavy atom. The molecule has 0 saturated heterocycles. The fourth-order valence-electron chi connectivity index (χ4n) is 1.17. The average Bonchev–Trinajstić information content (AvgIpc) is 2.20. The van der Waals surface area contributed by atoms with E-state index in [4.69, 9.17) is 9.47 Å². The first-order chi connectivity index (χ1) is 7.27. The van der Waals surface area contributed by atoms with Crippen LogP contribution in [0.15, 0.2) is 0 Å². The third-order valence-corrected chi connectivity index (χ3v) is 1.97. The van der Waals surface area contributed by atoms with E-state index in [0.29, 0.717) is 5.92 Å². The Kier molecular flexibility index (Phi) is 11.9. The molecule has 0 spiro atoms. The Morgan fingerprint density at radius 3 is 2.40 bits per heavy atom. The topological polar surface area (TPSA) is 30.5 Å². The molecule has 0 radical (unpaired) electrons. The highest BCUT2D eigenvalue weighted by Crippen LogP contribution is 1.93. The second kappa shape index (κ2) is 12.0. The fourth-order valence-corrected chi connectivity index (χ4v) is 1.17. The summed E-state index contributed by atoms with van der Waals surface area (Å²) in [6, 6.07) is 0. The first-order valence-electron chi connectivity index (χ1n) is 6.13. The molecule has 1 N–H and O–H groups in total. The summed E-state index contributed by atoms with van der Waals surface area (Å²) in [5.41, 5.74) is 0. The summed E-state index contributed by atoms with van der Waals surface area (Å²) in [6.07, 6.45) is 2.33. The molecule has 0 unspecified atom stereocenters. The Balaban J connectivity index is 2.87. The first kappa shape index (κ1) is 14.9. The Bertz CT molecular complexity index is 118. The predicted octanol–water partition coefficient (Wildman–Crippen LogP) is 2.07. The maximum Gasteiger partial charge on any atom is 0.0700 e. The second-order valence-electron chi connectivity index (χ2n) is 4.14. The van der Waals surface area contributed by atoms with E-state index in [0.717, 1.165) is 45.9 Å². The van der Waals surface area contributed by atoms with Gasteiger partial charge in [0.15, 0.2) is 0 Å². The molecule has 0 saturated carbocycles. The molecular formula is C12H27NO2. The van der Waals surface area contributed by atoms with Crippen LogP contribution < -0.4 is 5.32 Å². The number of ether oxygens (including phenoxy) is 2. The van der Waals surface area contributed by atoms with Crippen LogP contribution in [0.5, 0.6) is 0 Å². The van der Waals surface area contributed by atoms with Gasteiger partial charge in [-0.2, -0.15) is 0 Å². The van der Waals surface area contributed by atoms with Gasteiger partial charge in [0.25, 0.3) is 0 Å². The summed E-state index contributed by atoms with van der Waals surface area (Å²) in [7, 11) is 0. The minimum atomic E-state index is 0.616. The van der Waals surface area contributed by atoms with Crippen molar-refractivity contribution >= 4 is 0 Å². The molecule has 3 heteroatoms. The highest BCUT2D eigenvalue weighted by Gasteiger charge is 1.94. The highest BCUT2D eigenvalue weighted by molar-refractivity contribution is 4.45. The van der Waals surface area contributed by atoms with E-state index in [1.165, 1.54) is 6.42 Å². The van der Waals surface area contributed by atoms with Crippen LogP contribution in [0.25, 0.3) is 0 Å². The lowest BCUT2D eigenvalue weighted by Gasteiger charge is -2.07. The van der Waals surface area contributed by atoms with Crippen molar-refractivity contribution in [2.75, 3.05) is 39.5 Å². The molecule has 0 heterocycles. The molecule has 15 heavy (non-hydrogen) atoms. The third kappa shape index (κ3) is 13.9. The van der Waals surface area contributed by atoms with Crippen LogP contribution in [0.3, 0.4) is 0 Å². The minimum absolute atomic E-state index is 0.616. The van der Waals surface area contributed by atoms with Crippen molar-refractivity contribution in [3.8, 4) is 0 Å². The van der Waals surface area contributed by atoms with Crippen molar-refractivity contribution in [1.82, 2.24) is 5.32 Å². The standard InChI is InChI=1S/C12H27NO2/c1-4-13-7-5-6-8-14-9-10-15-11-12(2)3/h12-13H,4-11H2,1-3H3. The van der Waals surface area contributed by atoms with E-state index in [9.17, 15) is 0 Å². The number of unbranched alkanes of at least 4 members (excludes halogenated alkanes) is 1. The van der Waals surface area contributed by atoms with Crippen molar-refractivity contribution in [2.45, 2.75) is 33.6 Å². The molecular weight excluding hydrogens is 190 g/mol. The summed E-state index contributed by atoms with van der Waals surface area (Å²) in [5, 5.41) is 3.29. The van der Waals surface area contributed by atoms with Crippen LogP contribution in [0.4, 0.5) is 0 Å². The van der Waals surface area contributed by atoms with E-state index >= 15 is 0 Å². The van der Waals surface area contributed by atoms with Crippen LogP contribution in [-0.4, -0.2) is 39.5 Å². The fraction of sp³-hybridized carbons (Fsp3) is 1.00. The lowest BCUT2D eigenvalue weighted by molar-refractivity contribution is 0.0367. The summed E-state index contributed by atoms with van der Waals surface area (Å²) in [6.45, 7) is 11.7. The van der Waals surface area contributed by atoms with Crippen LogP contribution in [-0.2, 0) is 9.47 Å². The zero-order valence-corrected chi connectivity index (χ0v) is 10.6. The molecule has 0 bridgehead atoms. The number of rotatable bonds is 11. The first-order valence-corrected chi connectivity index (χ1v) is 6.13. The summed E-state index contributed by atoms with van der Waals surface area (Å²) in [4.78, 5) is 0. The smallest absolute Gasteiger partial charge is 0.0700 e. The van der Waals surface area contributed by atoms with Crippen LogP contribution >= 0.6 is 0 Å². The average molecular weight is 217 g/mol. The van der Waals surface area contributed by atoms with Crippen LogP contribution in [0.1, 0.15) is 33.6 Å². The molecule has 0 aromatic heterocycles. The van der Waals surface area contributed by atoms with Crippen molar-refractivity contribution in [3.63, 3.8) is 0 Å². The summed E-state index contributed by atoms with van der Waals surface area (Å²) < 4.78 is 10.8. The van der Waals surface area contributed by atoms with Gasteiger partial charge < -0.3 is 14.8 Å². The maximum absolute atomic E-state index is 5.44. The lowest BCUT2D eigenvalue weighted by Crippen LogP contribution is -2.15. The molecule has 0 fully saturated rings. The van der Waals surface area contributed by atoms with Gasteiger partial charge >= 0.3 is 0 Å². The van der Waals surface area contributed by atoms with Crippen molar-refractivity contribution in [3.05, 3.63) is 0 Å². The van der Waals surface area contributed by atoms with Gasteiger partial charge in [0, 0.05) is 13.2 Å². The van der Waals surface area contributed by atoms with E-state index in [1.807, 2.05) is 0 Å². The van der Waals surface area contributed by atoms with E-state index in [-0.39, 0.29) is 0 Å². The Hall–Kier alpha value is -0.120. The lowest BCUT2D eigenvalue weighted by atomic mass is 10.2. The Morgan fingerprint density at radius 2 is 1.73 bits per heavy atom. The number of hydrogen-bond acceptors (Lipinski definition) is 3. The molecule has 0 amide bonds. The van der Waals surface area contributed by atoms with Gasteiger partial charge in [0.1, 0.15) is 0 Å².